The number of carbonyl (C=O) groups excluding carboxylic acids is 1. The van der Waals surface area contributed by atoms with E-state index >= 15 is 0 Å². The van der Waals surface area contributed by atoms with Gasteiger partial charge in [0.15, 0.2) is 5.65 Å². The minimum absolute atomic E-state index is 0.164. The summed E-state index contributed by atoms with van der Waals surface area (Å²) in [6.07, 6.45) is 2.97. The van der Waals surface area contributed by atoms with Gasteiger partial charge in [-0.25, -0.2) is 15.0 Å². The minimum Gasteiger partial charge on any atom is -0.495 e. The van der Waals surface area contributed by atoms with E-state index < -0.39 is 0 Å². The summed E-state index contributed by atoms with van der Waals surface area (Å²) < 4.78 is 5.07. The Morgan fingerprint density at radius 3 is 3.04 bits per heavy atom. The van der Waals surface area contributed by atoms with Crippen molar-refractivity contribution in [2.45, 2.75) is 5.03 Å². The van der Waals surface area contributed by atoms with Crippen LogP contribution in [0.3, 0.4) is 0 Å². The van der Waals surface area contributed by atoms with Crippen molar-refractivity contribution in [3.63, 3.8) is 0 Å². The number of fused-ring (bicyclic) bond motifs is 1. The fourth-order valence-electron chi connectivity index (χ4n) is 1.93. The molecule has 0 unspecified atom stereocenters. The monoisotopic (exact) mass is 349 g/mol. The SMILES string of the molecule is COc1ccc(NC(=O)CSc2ncnc3nc[nH]c23)cc1Cl. The fourth-order valence-corrected chi connectivity index (χ4v) is 2.94. The number of aromatic nitrogens is 4. The predicted molar refractivity (Wildman–Crippen MR) is 89.0 cm³/mol. The van der Waals surface area contributed by atoms with E-state index in [-0.39, 0.29) is 11.7 Å². The average molecular weight is 350 g/mol. The molecule has 2 aromatic heterocycles. The second-order valence-electron chi connectivity index (χ2n) is 4.47. The number of hydrogen-bond donors (Lipinski definition) is 2. The van der Waals surface area contributed by atoms with Gasteiger partial charge in [0.05, 0.1) is 24.2 Å². The summed E-state index contributed by atoms with van der Waals surface area (Å²) in [4.78, 5) is 27.3. The van der Waals surface area contributed by atoms with E-state index in [1.54, 1.807) is 24.5 Å². The van der Waals surface area contributed by atoms with Crippen LogP contribution in [-0.4, -0.2) is 38.7 Å². The molecule has 9 heteroatoms. The number of amides is 1. The number of hydrogen-bond acceptors (Lipinski definition) is 6. The van der Waals surface area contributed by atoms with Gasteiger partial charge in [-0.2, -0.15) is 0 Å². The number of methoxy groups -OCH3 is 1. The number of nitrogens with one attached hydrogen (secondary N) is 2. The topological polar surface area (TPSA) is 92.8 Å². The van der Waals surface area contributed by atoms with Crippen molar-refractivity contribution in [1.82, 2.24) is 19.9 Å². The molecule has 1 aromatic carbocycles. The molecule has 0 aliphatic heterocycles. The quantitative estimate of drug-likeness (QED) is 0.543. The third kappa shape index (κ3) is 3.54. The number of nitrogens with zero attached hydrogens (tertiary/aromatic N) is 3. The normalized spacial score (nSPS) is 10.7. The van der Waals surface area contributed by atoms with Gasteiger partial charge in [0.25, 0.3) is 0 Å². The van der Waals surface area contributed by atoms with Crippen molar-refractivity contribution in [1.29, 1.82) is 0 Å². The van der Waals surface area contributed by atoms with Crippen molar-refractivity contribution >= 4 is 46.1 Å². The van der Waals surface area contributed by atoms with E-state index in [1.165, 1.54) is 25.2 Å². The van der Waals surface area contributed by atoms with E-state index in [4.69, 9.17) is 16.3 Å². The Hall–Kier alpha value is -2.32. The lowest BCUT2D eigenvalue weighted by Gasteiger charge is -2.08. The van der Waals surface area contributed by atoms with Gasteiger partial charge in [0, 0.05) is 5.69 Å². The second kappa shape index (κ2) is 6.84. The summed E-state index contributed by atoms with van der Waals surface area (Å²) >= 11 is 7.33. The number of anilines is 1. The first-order chi connectivity index (χ1) is 11.2. The molecule has 3 rings (SSSR count). The van der Waals surface area contributed by atoms with E-state index in [0.717, 1.165) is 5.52 Å². The highest BCUT2D eigenvalue weighted by atomic mass is 35.5. The maximum Gasteiger partial charge on any atom is 0.234 e. The number of thioether (sulfide) groups is 1. The summed E-state index contributed by atoms with van der Waals surface area (Å²) in [5.41, 5.74) is 1.90. The van der Waals surface area contributed by atoms with Crippen molar-refractivity contribution in [2.75, 3.05) is 18.2 Å². The third-order valence-corrected chi connectivity index (χ3v) is 4.25. The molecule has 1 amide bonds. The van der Waals surface area contributed by atoms with Gasteiger partial charge in [-0.1, -0.05) is 23.4 Å². The van der Waals surface area contributed by atoms with Gasteiger partial charge in [-0.15, -0.1) is 0 Å². The molecule has 3 aromatic rings. The van der Waals surface area contributed by atoms with Gasteiger partial charge in [0.1, 0.15) is 22.6 Å². The number of aromatic amines is 1. The Bertz CT molecular complexity index is 854. The summed E-state index contributed by atoms with van der Waals surface area (Å²) in [5.74, 6) is 0.596. The first-order valence-electron chi connectivity index (χ1n) is 6.57. The first kappa shape index (κ1) is 15.6. The molecule has 0 aliphatic carbocycles. The highest BCUT2D eigenvalue weighted by Gasteiger charge is 2.10. The highest BCUT2D eigenvalue weighted by molar-refractivity contribution is 8.00. The van der Waals surface area contributed by atoms with Crippen LogP contribution in [0.1, 0.15) is 0 Å². The second-order valence-corrected chi connectivity index (χ2v) is 5.84. The van der Waals surface area contributed by atoms with E-state index in [9.17, 15) is 4.79 Å². The highest BCUT2D eigenvalue weighted by Crippen LogP contribution is 2.27. The Morgan fingerprint density at radius 1 is 1.39 bits per heavy atom. The predicted octanol–water partition coefficient (Wildman–Crippen LogP) is 2.75. The maximum atomic E-state index is 12.1. The lowest BCUT2D eigenvalue weighted by atomic mass is 10.3. The molecule has 0 saturated heterocycles. The third-order valence-electron chi connectivity index (χ3n) is 2.96. The van der Waals surface area contributed by atoms with Crippen LogP contribution in [0.4, 0.5) is 5.69 Å². The van der Waals surface area contributed by atoms with Crippen LogP contribution < -0.4 is 10.1 Å². The summed E-state index contributed by atoms with van der Waals surface area (Å²) in [7, 11) is 1.54. The van der Waals surface area contributed by atoms with Crippen LogP contribution >= 0.6 is 23.4 Å². The number of H-pyrrole nitrogens is 1. The molecule has 118 valence electrons. The first-order valence-corrected chi connectivity index (χ1v) is 7.94. The van der Waals surface area contributed by atoms with E-state index in [2.05, 4.69) is 25.3 Å². The number of benzene rings is 1. The van der Waals surface area contributed by atoms with Gasteiger partial charge in [-0.05, 0) is 18.2 Å². The number of carbonyl (C=O) groups is 1. The largest absolute Gasteiger partial charge is 0.495 e. The van der Waals surface area contributed by atoms with Crippen LogP contribution in [-0.2, 0) is 4.79 Å². The molecule has 2 N–H and O–H groups in total. The smallest absolute Gasteiger partial charge is 0.234 e. The lowest BCUT2D eigenvalue weighted by molar-refractivity contribution is -0.113. The van der Waals surface area contributed by atoms with Gasteiger partial charge in [-0.3, -0.25) is 4.79 Å². The molecule has 0 aliphatic rings. The van der Waals surface area contributed by atoms with Gasteiger partial charge >= 0.3 is 0 Å². The van der Waals surface area contributed by atoms with Crippen LogP contribution in [0.25, 0.3) is 11.2 Å². The average Bonchev–Trinajstić information content (AvgIpc) is 3.02. The minimum atomic E-state index is -0.164. The molecule has 0 bridgehead atoms. The zero-order valence-electron chi connectivity index (χ0n) is 12.0. The Morgan fingerprint density at radius 2 is 2.26 bits per heavy atom. The molecule has 2 heterocycles. The van der Waals surface area contributed by atoms with Crippen LogP contribution in [0.2, 0.25) is 5.02 Å². The van der Waals surface area contributed by atoms with Crippen LogP contribution in [0.15, 0.2) is 35.9 Å². The number of ether oxygens (including phenoxy) is 1. The lowest BCUT2D eigenvalue weighted by Crippen LogP contribution is -2.14. The van der Waals surface area contributed by atoms with E-state index in [1.807, 2.05) is 0 Å². The van der Waals surface area contributed by atoms with Gasteiger partial charge in [0.2, 0.25) is 5.91 Å². The molecular formula is C14H12ClN5O2S. The van der Waals surface area contributed by atoms with Crippen molar-refractivity contribution < 1.29 is 9.53 Å². The summed E-state index contributed by atoms with van der Waals surface area (Å²) in [6.45, 7) is 0. The Labute approximate surface area is 140 Å². The van der Waals surface area contributed by atoms with Crippen molar-refractivity contribution in [2.24, 2.45) is 0 Å². The van der Waals surface area contributed by atoms with Crippen molar-refractivity contribution in [3.8, 4) is 5.75 Å². The summed E-state index contributed by atoms with van der Waals surface area (Å²) in [6, 6.07) is 5.06. The zero-order chi connectivity index (χ0) is 16.2. The van der Waals surface area contributed by atoms with Crippen LogP contribution in [0, 0.1) is 0 Å². The molecule has 0 radical (unpaired) electrons. The molecule has 0 fully saturated rings. The Kier molecular flexibility index (Phi) is 4.63. The Balaban J connectivity index is 1.63. The number of rotatable bonds is 5. The molecular weight excluding hydrogens is 338 g/mol. The van der Waals surface area contributed by atoms with Crippen LogP contribution in [0.5, 0.6) is 5.75 Å². The number of halogens is 1. The summed E-state index contributed by atoms with van der Waals surface area (Å²) in [5, 5.41) is 3.89. The molecule has 0 atom stereocenters. The maximum absolute atomic E-state index is 12.1. The van der Waals surface area contributed by atoms with Gasteiger partial charge < -0.3 is 15.0 Å². The molecule has 7 nitrogen and oxygen atoms in total. The number of imidazole rings is 1. The molecule has 0 saturated carbocycles. The van der Waals surface area contributed by atoms with Crippen molar-refractivity contribution in [3.05, 3.63) is 35.9 Å². The zero-order valence-corrected chi connectivity index (χ0v) is 13.6. The fraction of sp³-hybridized carbons (Fsp3) is 0.143. The molecule has 23 heavy (non-hydrogen) atoms. The standard InChI is InChI=1S/C14H12ClN5O2S/c1-22-10-3-2-8(4-9(10)15)20-11(21)5-23-14-12-13(17-6-16-12)18-7-19-14/h2-4,6-7H,5H2,1H3,(H,20,21)(H,16,17,18,19). The van der Waals surface area contributed by atoms with E-state index in [0.29, 0.717) is 27.1 Å². The molecule has 0 spiro atoms.